The van der Waals surface area contributed by atoms with Crippen molar-refractivity contribution in [3.63, 3.8) is 0 Å². The van der Waals surface area contributed by atoms with Gasteiger partial charge in [0, 0.05) is 7.05 Å². The van der Waals surface area contributed by atoms with E-state index in [0.717, 1.165) is 22.8 Å². The molecule has 0 bridgehead atoms. The minimum atomic E-state index is 0.416. The Morgan fingerprint density at radius 1 is 1.16 bits per heavy atom. The van der Waals surface area contributed by atoms with Crippen molar-refractivity contribution in [2.75, 3.05) is 12.3 Å². The molecular weight excluding hydrogens is 242 g/mol. The molecule has 1 heterocycles. The second kappa shape index (κ2) is 5.65. The van der Waals surface area contributed by atoms with Gasteiger partial charge in [0.15, 0.2) is 0 Å². The highest BCUT2D eigenvalue weighted by molar-refractivity contribution is 5.42. The maximum atomic E-state index is 5.93. The van der Waals surface area contributed by atoms with E-state index in [-0.39, 0.29) is 0 Å². The van der Waals surface area contributed by atoms with Crippen LogP contribution in [0.25, 0.3) is 0 Å². The van der Waals surface area contributed by atoms with Crippen LogP contribution < -0.4 is 15.2 Å². The fourth-order valence-electron chi connectivity index (χ4n) is 1.85. The maximum absolute atomic E-state index is 5.93. The molecule has 2 aromatic rings. The molecular formula is C14H19N3O2. The summed E-state index contributed by atoms with van der Waals surface area (Å²) in [4.78, 5) is 0. The van der Waals surface area contributed by atoms with Crippen molar-refractivity contribution in [1.29, 1.82) is 0 Å². The Kier molecular flexibility index (Phi) is 3.94. The number of hydrogen-bond donors (Lipinski definition) is 1. The van der Waals surface area contributed by atoms with Gasteiger partial charge in [0.25, 0.3) is 0 Å². The minimum absolute atomic E-state index is 0.416. The van der Waals surface area contributed by atoms with Gasteiger partial charge < -0.3 is 15.2 Å². The molecule has 1 aromatic heterocycles. The van der Waals surface area contributed by atoms with Crippen molar-refractivity contribution in [3.8, 4) is 11.5 Å². The third-order valence-electron chi connectivity index (χ3n) is 2.91. The van der Waals surface area contributed by atoms with Crippen LogP contribution in [-0.2, 0) is 13.7 Å². The first-order valence-electron chi connectivity index (χ1n) is 6.25. The van der Waals surface area contributed by atoms with Gasteiger partial charge in [-0.25, -0.2) is 0 Å². The summed E-state index contributed by atoms with van der Waals surface area (Å²) in [5.41, 5.74) is 7.75. The van der Waals surface area contributed by atoms with Gasteiger partial charge in [-0.15, -0.1) is 0 Å². The largest absolute Gasteiger partial charge is 0.494 e. The fourth-order valence-corrected chi connectivity index (χ4v) is 1.85. The van der Waals surface area contributed by atoms with Gasteiger partial charge in [-0.2, -0.15) is 5.10 Å². The van der Waals surface area contributed by atoms with E-state index in [1.807, 2.05) is 45.2 Å². The molecule has 0 unspecified atom stereocenters. The van der Waals surface area contributed by atoms with Crippen molar-refractivity contribution >= 4 is 5.82 Å². The predicted octanol–water partition coefficient (Wildman–Crippen LogP) is 2.29. The van der Waals surface area contributed by atoms with Crippen molar-refractivity contribution < 1.29 is 9.47 Å². The van der Waals surface area contributed by atoms with Gasteiger partial charge in [-0.3, -0.25) is 4.68 Å². The molecule has 5 heteroatoms. The maximum Gasteiger partial charge on any atom is 0.128 e. The number of nitrogens with two attached hydrogens (primary N) is 1. The van der Waals surface area contributed by atoms with Crippen LogP contribution in [0.3, 0.4) is 0 Å². The molecule has 2 N–H and O–H groups in total. The number of nitrogen functional groups attached to an aromatic ring is 1. The molecule has 2 rings (SSSR count). The molecule has 0 atom stereocenters. The topological polar surface area (TPSA) is 62.3 Å². The standard InChI is InChI=1S/C14H19N3O2/c1-4-18-11-5-7-12(8-6-11)19-9-13-10(2)16-17(3)14(13)15/h5-8H,4,9,15H2,1-3H3. The molecule has 1 aromatic carbocycles. The number of aromatic nitrogens is 2. The first-order chi connectivity index (χ1) is 9.11. The van der Waals surface area contributed by atoms with Gasteiger partial charge in [0.1, 0.15) is 23.9 Å². The highest BCUT2D eigenvalue weighted by Crippen LogP contribution is 2.21. The summed E-state index contributed by atoms with van der Waals surface area (Å²) >= 11 is 0. The number of ether oxygens (including phenoxy) is 2. The summed E-state index contributed by atoms with van der Waals surface area (Å²) < 4.78 is 12.7. The van der Waals surface area contributed by atoms with E-state index in [4.69, 9.17) is 15.2 Å². The smallest absolute Gasteiger partial charge is 0.128 e. The summed E-state index contributed by atoms with van der Waals surface area (Å²) in [6.45, 7) is 4.96. The third-order valence-corrected chi connectivity index (χ3v) is 2.91. The van der Waals surface area contributed by atoms with Crippen molar-refractivity contribution in [2.45, 2.75) is 20.5 Å². The van der Waals surface area contributed by atoms with Crippen LogP contribution in [0, 0.1) is 6.92 Å². The first kappa shape index (κ1) is 13.3. The molecule has 5 nitrogen and oxygen atoms in total. The molecule has 0 amide bonds. The van der Waals surface area contributed by atoms with Crippen molar-refractivity contribution in [2.24, 2.45) is 7.05 Å². The SMILES string of the molecule is CCOc1ccc(OCc2c(C)nn(C)c2N)cc1. The molecule has 0 aliphatic carbocycles. The molecule has 0 aliphatic heterocycles. The Morgan fingerprint density at radius 3 is 2.21 bits per heavy atom. The van der Waals surface area contributed by atoms with E-state index in [1.54, 1.807) is 4.68 Å². The summed E-state index contributed by atoms with van der Waals surface area (Å²) in [5.74, 6) is 2.27. The Bertz CT molecular complexity index is 547. The van der Waals surface area contributed by atoms with E-state index in [0.29, 0.717) is 19.0 Å². The van der Waals surface area contributed by atoms with Gasteiger partial charge >= 0.3 is 0 Å². The van der Waals surface area contributed by atoms with Crippen LogP contribution >= 0.6 is 0 Å². The monoisotopic (exact) mass is 261 g/mol. The van der Waals surface area contributed by atoms with E-state index < -0.39 is 0 Å². The van der Waals surface area contributed by atoms with Crippen molar-refractivity contribution in [1.82, 2.24) is 9.78 Å². The second-order valence-electron chi connectivity index (χ2n) is 4.27. The van der Waals surface area contributed by atoms with Gasteiger partial charge in [-0.05, 0) is 38.1 Å². The van der Waals surface area contributed by atoms with Crippen LogP contribution in [0.2, 0.25) is 0 Å². The summed E-state index contributed by atoms with van der Waals surface area (Å²) in [6.07, 6.45) is 0. The molecule has 0 saturated heterocycles. The molecule has 19 heavy (non-hydrogen) atoms. The first-order valence-corrected chi connectivity index (χ1v) is 6.25. The van der Waals surface area contributed by atoms with E-state index >= 15 is 0 Å². The number of rotatable bonds is 5. The highest BCUT2D eigenvalue weighted by Gasteiger charge is 2.10. The minimum Gasteiger partial charge on any atom is -0.494 e. The highest BCUT2D eigenvalue weighted by atomic mass is 16.5. The molecule has 0 spiro atoms. The number of benzene rings is 1. The number of nitrogens with zero attached hydrogens (tertiary/aromatic N) is 2. The Hall–Kier alpha value is -2.17. The van der Waals surface area contributed by atoms with E-state index in [2.05, 4.69) is 5.10 Å². The Balaban J connectivity index is 2.02. The molecule has 0 radical (unpaired) electrons. The van der Waals surface area contributed by atoms with Gasteiger partial charge in [-0.1, -0.05) is 0 Å². The summed E-state index contributed by atoms with van der Waals surface area (Å²) in [6, 6.07) is 7.54. The molecule has 0 saturated carbocycles. The van der Waals surface area contributed by atoms with Crippen LogP contribution in [0.15, 0.2) is 24.3 Å². The molecule has 0 aliphatic rings. The Morgan fingerprint density at radius 2 is 1.74 bits per heavy atom. The Labute approximate surface area is 112 Å². The van der Waals surface area contributed by atoms with Gasteiger partial charge in [0.2, 0.25) is 0 Å². The average Bonchev–Trinajstić information content (AvgIpc) is 2.64. The summed E-state index contributed by atoms with van der Waals surface area (Å²) in [7, 11) is 1.82. The van der Waals surface area contributed by atoms with Crippen LogP contribution in [-0.4, -0.2) is 16.4 Å². The second-order valence-corrected chi connectivity index (χ2v) is 4.27. The van der Waals surface area contributed by atoms with Gasteiger partial charge in [0.05, 0.1) is 17.9 Å². The fraction of sp³-hybridized carbons (Fsp3) is 0.357. The van der Waals surface area contributed by atoms with Crippen LogP contribution in [0.1, 0.15) is 18.2 Å². The van der Waals surface area contributed by atoms with E-state index in [9.17, 15) is 0 Å². The third kappa shape index (κ3) is 2.99. The number of aryl methyl sites for hydroxylation is 2. The number of hydrogen-bond acceptors (Lipinski definition) is 4. The van der Waals surface area contributed by atoms with Crippen molar-refractivity contribution in [3.05, 3.63) is 35.5 Å². The molecule has 0 fully saturated rings. The predicted molar refractivity (Wildman–Crippen MR) is 74.3 cm³/mol. The van der Waals surface area contributed by atoms with E-state index in [1.165, 1.54) is 0 Å². The quantitative estimate of drug-likeness (QED) is 0.897. The zero-order valence-corrected chi connectivity index (χ0v) is 11.5. The summed E-state index contributed by atoms with van der Waals surface area (Å²) in [5, 5.41) is 4.25. The average molecular weight is 261 g/mol. The zero-order valence-electron chi connectivity index (χ0n) is 11.5. The lowest BCUT2D eigenvalue weighted by molar-refractivity contribution is 0.304. The lowest BCUT2D eigenvalue weighted by Gasteiger charge is -2.08. The zero-order chi connectivity index (χ0) is 13.8. The van der Waals surface area contributed by atoms with Crippen LogP contribution in [0.5, 0.6) is 11.5 Å². The lowest BCUT2D eigenvalue weighted by atomic mass is 10.2. The number of anilines is 1. The lowest BCUT2D eigenvalue weighted by Crippen LogP contribution is -2.02. The molecule has 102 valence electrons. The van der Waals surface area contributed by atoms with Crippen LogP contribution in [0.4, 0.5) is 5.82 Å². The normalized spacial score (nSPS) is 10.5.